The van der Waals surface area contributed by atoms with Crippen molar-refractivity contribution in [2.75, 3.05) is 30.4 Å². The Morgan fingerprint density at radius 1 is 1.21 bits per heavy atom. The van der Waals surface area contributed by atoms with Crippen molar-refractivity contribution in [2.24, 2.45) is 0 Å². The van der Waals surface area contributed by atoms with E-state index in [0.717, 1.165) is 10.7 Å². The third-order valence-electron chi connectivity index (χ3n) is 4.60. The van der Waals surface area contributed by atoms with Crippen molar-refractivity contribution in [1.82, 2.24) is 4.31 Å². The summed E-state index contributed by atoms with van der Waals surface area (Å²) in [6.07, 6.45) is 1.22. The van der Waals surface area contributed by atoms with Crippen molar-refractivity contribution in [3.8, 4) is 6.07 Å². The van der Waals surface area contributed by atoms with E-state index < -0.39 is 22.5 Å². The van der Waals surface area contributed by atoms with Crippen LogP contribution in [0.25, 0.3) is 0 Å². The molecule has 0 bridgehead atoms. The van der Waals surface area contributed by atoms with Gasteiger partial charge in [0.2, 0.25) is 21.8 Å². The molecule has 150 valence electrons. The number of rotatable bonds is 6. The number of benzene rings is 2. The Morgan fingerprint density at radius 2 is 1.90 bits per heavy atom. The lowest BCUT2D eigenvalue weighted by molar-refractivity contribution is -0.117. The Hall–Kier alpha value is -3.22. The number of nitrogens with zero attached hydrogens (tertiary/aromatic N) is 3. The van der Waals surface area contributed by atoms with Gasteiger partial charge in [0.05, 0.1) is 34.4 Å². The van der Waals surface area contributed by atoms with Crippen LogP contribution < -0.4 is 10.2 Å². The van der Waals surface area contributed by atoms with E-state index in [9.17, 15) is 18.0 Å². The summed E-state index contributed by atoms with van der Waals surface area (Å²) in [6.45, 7) is 0.184. The lowest BCUT2D eigenvalue weighted by atomic mass is 10.2. The highest BCUT2D eigenvalue weighted by Gasteiger charge is 2.26. The predicted octanol–water partition coefficient (Wildman–Crippen LogP) is 1.94. The molecule has 0 saturated carbocycles. The second-order valence-corrected chi connectivity index (χ2v) is 8.66. The second kappa shape index (κ2) is 8.43. The molecule has 2 amide bonds. The number of nitrogens with one attached hydrogen (secondary N) is 1. The number of amides is 2. The molecule has 3 rings (SSSR count). The Labute approximate surface area is 169 Å². The largest absolute Gasteiger partial charge is 0.323 e. The Kier molecular flexibility index (Phi) is 5.96. The topological polar surface area (TPSA) is 111 Å². The summed E-state index contributed by atoms with van der Waals surface area (Å²) in [5, 5.41) is 11.5. The van der Waals surface area contributed by atoms with Gasteiger partial charge < -0.3 is 10.2 Å². The first-order chi connectivity index (χ1) is 13.8. The molecule has 1 aliphatic heterocycles. The van der Waals surface area contributed by atoms with Gasteiger partial charge in [0.1, 0.15) is 0 Å². The summed E-state index contributed by atoms with van der Waals surface area (Å²) in [6, 6.07) is 14.3. The van der Waals surface area contributed by atoms with E-state index >= 15 is 0 Å². The van der Waals surface area contributed by atoms with E-state index in [4.69, 9.17) is 5.26 Å². The standard InChI is InChI=1S/C20H20N4O4S/c1-23(29(27,28)16-10-8-15(13-21)9-11-16)14-19(25)22-17-5-2-3-6-18(17)24-12-4-7-20(24)26/h2-3,5-6,8-11H,4,7,12,14H2,1H3,(H,22,25). The lowest BCUT2D eigenvalue weighted by Crippen LogP contribution is -2.35. The van der Waals surface area contributed by atoms with Crippen molar-refractivity contribution >= 4 is 33.2 Å². The van der Waals surface area contributed by atoms with Crippen LogP contribution in [0.4, 0.5) is 11.4 Å². The van der Waals surface area contributed by atoms with Crippen molar-refractivity contribution in [3.05, 3.63) is 54.1 Å². The Bertz CT molecular complexity index is 1070. The van der Waals surface area contributed by atoms with Crippen LogP contribution in [0, 0.1) is 11.3 Å². The van der Waals surface area contributed by atoms with Gasteiger partial charge in [0.25, 0.3) is 0 Å². The molecule has 1 saturated heterocycles. The zero-order chi connectivity index (χ0) is 21.0. The second-order valence-electron chi connectivity index (χ2n) is 6.61. The number of anilines is 2. The summed E-state index contributed by atoms with van der Waals surface area (Å²) in [5.74, 6) is -0.531. The Morgan fingerprint density at radius 3 is 2.52 bits per heavy atom. The van der Waals surface area contributed by atoms with E-state index in [1.165, 1.54) is 31.3 Å². The maximum atomic E-state index is 12.6. The Balaban J connectivity index is 1.72. The fourth-order valence-electron chi connectivity index (χ4n) is 3.08. The molecular weight excluding hydrogens is 392 g/mol. The molecule has 1 aliphatic rings. The zero-order valence-electron chi connectivity index (χ0n) is 15.8. The normalized spacial score (nSPS) is 14.1. The van der Waals surface area contributed by atoms with Crippen LogP contribution in [0.5, 0.6) is 0 Å². The van der Waals surface area contributed by atoms with Crippen LogP contribution in [0.2, 0.25) is 0 Å². The number of carbonyl (C=O) groups is 2. The van der Waals surface area contributed by atoms with Crippen LogP contribution >= 0.6 is 0 Å². The molecule has 2 aromatic carbocycles. The van der Waals surface area contributed by atoms with Gasteiger partial charge in [-0.15, -0.1) is 0 Å². The molecular formula is C20H20N4O4S. The van der Waals surface area contributed by atoms with Gasteiger partial charge in [-0.2, -0.15) is 9.57 Å². The van der Waals surface area contributed by atoms with E-state index in [2.05, 4.69) is 5.32 Å². The highest BCUT2D eigenvalue weighted by molar-refractivity contribution is 7.89. The van der Waals surface area contributed by atoms with Crippen LogP contribution in [0.15, 0.2) is 53.4 Å². The van der Waals surface area contributed by atoms with Gasteiger partial charge in [0.15, 0.2) is 0 Å². The minimum atomic E-state index is -3.89. The maximum absolute atomic E-state index is 12.6. The molecule has 8 nitrogen and oxygen atoms in total. The quantitative estimate of drug-likeness (QED) is 0.780. The molecule has 0 unspecified atom stereocenters. The molecule has 0 aliphatic carbocycles. The van der Waals surface area contributed by atoms with Gasteiger partial charge in [-0.05, 0) is 42.8 Å². The van der Waals surface area contributed by atoms with E-state index in [-0.39, 0.29) is 10.8 Å². The number of likely N-dealkylation sites (N-methyl/N-ethyl adjacent to an activating group) is 1. The molecule has 29 heavy (non-hydrogen) atoms. The van der Waals surface area contributed by atoms with Gasteiger partial charge in [-0.1, -0.05) is 12.1 Å². The minimum absolute atomic E-state index is 0.00476. The fourth-order valence-corrected chi connectivity index (χ4v) is 4.20. The van der Waals surface area contributed by atoms with Crippen molar-refractivity contribution < 1.29 is 18.0 Å². The molecule has 0 spiro atoms. The molecule has 1 fully saturated rings. The van der Waals surface area contributed by atoms with Gasteiger partial charge in [0, 0.05) is 20.0 Å². The number of hydrogen-bond acceptors (Lipinski definition) is 5. The maximum Gasteiger partial charge on any atom is 0.243 e. The summed E-state index contributed by atoms with van der Waals surface area (Å²) >= 11 is 0. The monoisotopic (exact) mass is 412 g/mol. The predicted molar refractivity (Wildman–Crippen MR) is 108 cm³/mol. The number of nitriles is 1. The SMILES string of the molecule is CN(CC(=O)Nc1ccccc1N1CCCC1=O)S(=O)(=O)c1ccc(C#N)cc1. The van der Waals surface area contributed by atoms with E-state index in [1.54, 1.807) is 29.2 Å². The van der Waals surface area contributed by atoms with Gasteiger partial charge >= 0.3 is 0 Å². The van der Waals surface area contributed by atoms with Crippen molar-refractivity contribution in [3.63, 3.8) is 0 Å². The average Bonchev–Trinajstić information content (AvgIpc) is 3.14. The third kappa shape index (κ3) is 4.45. The van der Waals surface area contributed by atoms with Crippen molar-refractivity contribution in [1.29, 1.82) is 5.26 Å². The highest BCUT2D eigenvalue weighted by Crippen LogP contribution is 2.29. The number of sulfonamides is 1. The third-order valence-corrected chi connectivity index (χ3v) is 6.42. The van der Waals surface area contributed by atoms with Gasteiger partial charge in [-0.3, -0.25) is 9.59 Å². The first-order valence-corrected chi connectivity index (χ1v) is 10.4. The van der Waals surface area contributed by atoms with E-state index in [1.807, 2.05) is 6.07 Å². The summed E-state index contributed by atoms with van der Waals surface area (Å²) < 4.78 is 26.2. The molecule has 0 aromatic heterocycles. The fraction of sp³-hybridized carbons (Fsp3) is 0.250. The molecule has 9 heteroatoms. The van der Waals surface area contributed by atoms with Crippen LogP contribution in [-0.4, -0.2) is 44.7 Å². The average molecular weight is 412 g/mol. The summed E-state index contributed by atoms with van der Waals surface area (Å²) in [5.41, 5.74) is 1.40. The number of hydrogen-bond donors (Lipinski definition) is 1. The van der Waals surface area contributed by atoms with Crippen LogP contribution in [-0.2, 0) is 19.6 Å². The molecule has 1 N–H and O–H groups in total. The highest BCUT2D eigenvalue weighted by atomic mass is 32.2. The molecule has 0 radical (unpaired) electrons. The molecule has 0 atom stereocenters. The first-order valence-electron chi connectivity index (χ1n) is 8.98. The smallest absolute Gasteiger partial charge is 0.243 e. The van der Waals surface area contributed by atoms with E-state index in [0.29, 0.717) is 29.9 Å². The molecule has 2 aromatic rings. The minimum Gasteiger partial charge on any atom is -0.323 e. The molecule has 1 heterocycles. The van der Waals surface area contributed by atoms with Crippen molar-refractivity contribution in [2.45, 2.75) is 17.7 Å². The van der Waals surface area contributed by atoms with Gasteiger partial charge in [-0.25, -0.2) is 8.42 Å². The zero-order valence-corrected chi connectivity index (χ0v) is 16.6. The summed E-state index contributed by atoms with van der Waals surface area (Å²) in [7, 11) is -2.58. The van der Waals surface area contributed by atoms with Crippen LogP contribution in [0.1, 0.15) is 18.4 Å². The first kappa shape index (κ1) is 20.5. The van der Waals surface area contributed by atoms with Crippen LogP contribution in [0.3, 0.4) is 0 Å². The number of carbonyl (C=O) groups excluding carboxylic acids is 2. The lowest BCUT2D eigenvalue weighted by Gasteiger charge is -2.21. The summed E-state index contributed by atoms with van der Waals surface area (Å²) in [4.78, 5) is 26.1. The number of para-hydroxylation sites is 2.